The Kier molecular flexibility index (Phi) is 5.30. The van der Waals surface area contributed by atoms with E-state index in [2.05, 4.69) is 15.3 Å². The second-order valence-electron chi connectivity index (χ2n) is 7.47. The normalized spacial score (nSPS) is 19.5. The molecule has 0 unspecified atom stereocenters. The predicted molar refractivity (Wildman–Crippen MR) is 111 cm³/mol. The molecule has 152 valence electrons. The molecule has 0 spiro atoms. The fraction of sp³-hybridized carbons (Fsp3) is 0.400. The first-order chi connectivity index (χ1) is 14.0. The van der Waals surface area contributed by atoms with Crippen LogP contribution in [-0.2, 0) is 4.79 Å². The quantitative estimate of drug-likeness (QED) is 0.697. The van der Waals surface area contributed by atoms with Gasteiger partial charge in [0.15, 0.2) is 0 Å². The van der Waals surface area contributed by atoms with E-state index in [4.69, 9.17) is 11.5 Å². The molecule has 2 amide bonds. The number of nitrogens with one attached hydrogen (secondary N) is 1. The van der Waals surface area contributed by atoms with Gasteiger partial charge in [0.1, 0.15) is 11.4 Å². The van der Waals surface area contributed by atoms with E-state index in [1.807, 2.05) is 29.2 Å². The van der Waals surface area contributed by atoms with E-state index in [0.29, 0.717) is 37.0 Å². The molecule has 2 aliphatic rings. The smallest absolute Gasteiger partial charge is 0.254 e. The maximum Gasteiger partial charge on any atom is 0.254 e. The highest BCUT2D eigenvalue weighted by Crippen LogP contribution is 2.27. The number of rotatable bonds is 5. The lowest BCUT2D eigenvalue weighted by Crippen LogP contribution is -2.43. The fourth-order valence-corrected chi connectivity index (χ4v) is 3.80. The zero-order valence-electron chi connectivity index (χ0n) is 16.2. The van der Waals surface area contributed by atoms with Crippen molar-refractivity contribution in [3.05, 3.63) is 36.0 Å². The zero-order valence-corrected chi connectivity index (χ0v) is 16.2. The predicted octanol–water partition coefficient (Wildman–Crippen LogP) is 1.37. The van der Waals surface area contributed by atoms with Crippen molar-refractivity contribution in [2.24, 2.45) is 11.5 Å². The molecule has 3 heterocycles. The Morgan fingerprint density at radius 1 is 1.24 bits per heavy atom. The lowest BCUT2D eigenvalue weighted by atomic mass is 10.1. The standard InChI is InChI=1S/C20H25N7O2/c21-13-4-2-8-26(12-13)20-23-11-16(18(22)29)19(25-20)24-14-5-1-6-15(10-14)27-9-3-7-17(27)28/h1,5-6,10-11,13H,2-4,7-9,12,21H2,(H2,22,29)(H,23,24,25)/t13-/m0/s1. The summed E-state index contributed by atoms with van der Waals surface area (Å²) in [6.07, 6.45) is 4.81. The average molecular weight is 395 g/mol. The molecule has 9 nitrogen and oxygen atoms in total. The van der Waals surface area contributed by atoms with Crippen molar-refractivity contribution >= 4 is 35.0 Å². The van der Waals surface area contributed by atoms with Gasteiger partial charge in [-0.3, -0.25) is 9.59 Å². The summed E-state index contributed by atoms with van der Waals surface area (Å²) in [7, 11) is 0. The third kappa shape index (κ3) is 4.14. The summed E-state index contributed by atoms with van der Waals surface area (Å²) in [5.74, 6) is 0.357. The van der Waals surface area contributed by atoms with E-state index in [9.17, 15) is 9.59 Å². The van der Waals surface area contributed by atoms with Crippen LogP contribution in [0.5, 0.6) is 0 Å². The number of hydrogen-bond acceptors (Lipinski definition) is 7. The summed E-state index contributed by atoms with van der Waals surface area (Å²) in [5, 5.41) is 3.18. The molecular formula is C20H25N7O2. The Balaban J connectivity index is 1.62. The molecule has 1 aromatic heterocycles. The van der Waals surface area contributed by atoms with Crippen LogP contribution in [0.2, 0.25) is 0 Å². The highest BCUT2D eigenvalue weighted by Gasteiger charge is 2.23. The van der Waals surface area contributed by atoms with Gasteiger partial charge in [-0.2, -0.15) is 4.98 Å². The fourth-order valence-electron chi connectivity index (χ4n) is 3.80. The largest absolute Gasteiger partial charge is 0.365 e. The van der Waals surface area contributed by atoms with Crippen molar-refractivity contribution in [2.45, 2.75) is 31.7 Å². The molecule has 1 atom stereocenters. The number of aromatic nitrogens is 2. The van der Waals surface area contributed by atoms with Crippen LogP contribution < -0.4 is 26.6 Å². The number of nitrogens with two attached hydrogens (primary N) is 2. The van der Waals surface area contributed by atoms with Gasteiger partial charge >= 0.3 is 0 Å². The van der Waals surface area contributed by atoms with Gasteiger partial charge in [0.25, 0.3) is 5.91 Å². The first-order valence-corrected chi connectivity index (χ1v) is 9.86. The molecule has 0 radical (unpaired) electrons. The minimum atomic E-state index is -0.611. The van der Waals surface area contributed by atoms with Crippen LogP contribution in [0.25, 0.3) is 0 Å². The van der Waals surface area contributed by atoms with E-state index in [0.717, 1.165) is 31.5 Å². The SMILES string of the molecule is NC(=O)c1cnc(N2CCC[C@H](N)C2)nc1Nc1cccc(N2CCCC2=O)c1. The lowest BCUT2D eigenvalue weighted by molar-refractivity contribution is -0.117. The third-order valence-electron chi connectivity index (χ3n) is 5.28. The molecule has 4 rings (SSSR count). The maximum absolute atomic E-state index is 12.0. The zero-order chi connectivity index (χ0) is 20.4. The average Bonchev–Trinajstić information content (AvgIpc) is 3.14. The van der Waals surface area contributed by atoms with Crippen molar-refractivity contribution < 1.29 is 9.59 Å². The number of anilines is 4. The number of hydrogen-bond donors (Lipinski definition) is 3. The number of primary amides is 1. The van der Waals surface area contributed by atoms with Crippen molar-refractivity contribution in [3.63, 3.8) is 0 Å². The number of benzene rings is 1. The molecule has 29 heavy (non-hydrogen) atoms. The van der Waals surface area contributed by atoms with Crippen molar-refractivity contribution in [1.29, 1.82) is 0 Å². The first-order valence-electron chi connectivity index (χ1n) is 9.86. The van der Waals surface area contributed by atoms with Gasteiger partial charge in [0, 0.05) is 49.7 Å². The molecule has 2 saturated heterocycles. The van der Waals surface area contributed by atoms with E-state index in [-0.39, 0.29) is 17.5 Å². The Labute approximate surface area is 169 Å². The molecular weight excluding hydrogens is 370 g/mol. The molecule has 2 fully saturated rings. The summed E-state index contributed by atoms with van der Waals surface area (Å²) < 4.78 is 0. The van der Waals surface area contributed by atoms with Crippen molar-refractivity contribution in [1.82, 2.24) is 9.97 Å². The van der Waals surface area contributed by atoms with Gasteiger partial charge in [0.2, 0.25) is 11.9 Å². The van der Waals surface area contributed by atoms with Gasteiger partial charge in [-0.25, -0.2) is 4.98 Å². The van der Waals surface area contributed by atoms with E-state index >= 15 is 0 Å². The van der Waals surface area contributed by atoms with Gasteiger partial charge in [0.05, 0.1) is 0 Å². The van der Waals surface area contributed by atoms with Crippen LogP contribution in [0.1, 0.15) is 36.0 Å². The van der Waals surface area contributed by atoms with Gasteiger partial charge in [-0.1, -0.05) is 6.07 Å². The molecule has 9 heteroatoms. The summed E-state index contributed by atoms with van der Waals surface area (Å²) in [6, 6.07) is 7.55. The minimum Gasteiger partial charge on any atom is -0.365 e. The molecule has 0 saturated carbocycles. The van der Waals surface area contributed by atoms with Crippen molar-refractivity contribution in [3.8, 4) is 0 Å². The van der Waals surface area contributed by atoms with E-state index in [1.165, 1.54) is 6.20 Å². The van der Waals surface area contributed by atoms with Crippen LogP contribution in [0.15, 0.2) is 30.5 Å². The highest BCUT2D eigenvalue weighted by atomic mass is 16.2. The summed E-state index contributed by atoms with van der Waals surface area (Å²) in [5.41, 5.74) is 13.3. The van der Waals surface area contributed by atoms with Crippen LogP contribution in [0.4, 0.5) is 23.1 Å². The second-order valence-corrected chi connectivity index (χ2v) is 7.47. The number of amides is 2. The van der Waals surface area contributed by atoms with Crippen LogP contribution in [-0.4, -0.2) is 47.5 Å². The second kappa shape index (κ2) is 8.04. The molecule has 0 bridgehead atoms. The van der Waals surface area contributed by atoms with Gasteiger partial charge < -0.3 is 26.6 Å². The Morgan fingerprint density at radius 3 is 2.83 bits per heavy atom. The Hall–Kier alpha value is -3.20. The Bertz CT molecular complexity index is 933. The third-order valence-corrected chi connectivity index (χ3v) is 5.28. The van der Waals surface area contributed by atoms with Crippen molar-refractivity contribution in [2.75, 3.05) is 34.8 Å². The number of carbonyl (C=O) groups excluding carboxylic acids is 2. The molecule has 2 aromatic rings. The summed E-state index contributed by atoms with van der Waals surface area (Å²) in [6.45, 7) is 2.19. The minimum absolute atomic E-state index is 0.0780. The van der Waals surface area contributed by atoms with Gasteiger partial charge in [-0.15, -0.1) is 0 Å². The number of piperidine rings is 1. The summed E-state index contributed by atoms with van der Waals surface area (Å²) in [4.78, 5) is 36.6. The van der Waals surface area contributed by atoms with E-state index in [1.54, 1.807) is 4.90 Å². The lowest BCUT2D eigenvalue weighted by Gasteiger charge is -2.31. The molecule has 1 aromatic carbocycles. The maximum atomic E-state index is 12.0. The molecule has 2 aliphatic heterocycles. The monoisotopic (exact) mass is 395 g/mol. The number of carbonyl (C=O) groups is 2. The summed E-state index contributed by atoms with van der Waals surface area (Å²) >= 11 is 0. The Morgan fingerprint density at radius 2 is 2.10 bits per heavy atom. The van der Waals surface area contributed by atoms with Crippen LogP contribution in [0, 0.1) is 0 Å². The number of nitrogens with zero attached hydrogens (tertiary/aromatic N) is 4. The van der Waals surface area contributed by atoms with Gasteiger partial charge in [-0.05, 0) is 37.5 Å². The molecule has 5 N–H and O–H groups in total. The van der Waals surface area contributed by atoms with Crippen LogP contribution in [0.3, 0.4) is 0 Å². The first kappa shape index (κ1) is 19.1. The van der Waals surface area contributed by atoms with E-state index < -0.39 is 5.91 Å². The highest BCUT2D eigenvalue weighted by molar-refractivity contribution is 5.98. The topological polar surface area (TPSA) is 130 Å². The van der Waals surface area contributed by atoms with Crippen LogP contribution >= 0.6 is 0 Å². The molecule has 0 aliphatic carbocycles.